The Morgan fingerprint density at radius 1 is 0.880 bits per heavy atom. The zero-order valence-electron chi connectivity index (χ0n) is 14.0. The van der Waals surface area contributed by atoms with Gasteiger partial charge in [0.15, 0.2) is 0 Å². The van der Waals surface area contributed by atoms with E-state index < -0.39 is 12.0 Å². The van der Waals surface area contributed by atoms with Crippen molar-refractivity contribution in [3.63, 3.8) is 0 Å². The van der Waals surface area contributed by atoms with E-state index in [0.717, 1.165) is 19.3 Å². The minimum Gasteiger partial charge on any atom is -0.480 e. The van der Waals surface area contributed by atoms with Gasteiger partial charge in [-0.2, -0.15) is 0 Å². The van der Waals surface area contributed by atoms with Crippen LogP contribution in [0.1, 0.15) is 24.8 Å². The Bertz CT molecular complexity index is 1040. The Kier molecular flexibility index (Phi) is 4.02. The highest BCUT2D eigenvalue weighted by molar-refractivity contribution is 6.23. The average Bonchev–Trinajstić information content (AvgIpc) is 2.63. The summed E-state index contributed by atoms with van der Waals surface area (Å²) in [5, 5.41) is 16.7. The van der Waals surface area contributed by atoms with Crippen LogP contribution in [0.4, 0.5) is 0 Å². The predicted octanol–water partition coefficient (Wildman–Crippen LogP) is 4.71. The van der Waals surface area contributed by atoms with Gasteiger partial charge in [-0.25, -0.2) is 0 Å². The second kappa shape index (κ2) is 6.34. The van der Waals surface area contributed by atoms with E-state index in [9.17, 15) is 4.79 Å². The molecule has 3 heteroatoms. The van der Waals surface area contributed by atoms with Gasteiger partial charge in [0, 0.05) is 0 Å². The molecule has 0 radical (unpaired) electrons. The highest BCUT2D eigenvalue weighted by Crippen LogP contribution is 2.36. The van der Waals surface area contributed by atoms with E-state index in [1.165, 1.54) is 37.9 Å². The number of hydrogen-bond acceptors (Lipinski definition) is 2. The topological polar surface area (TPSA) is 63.3 Å². The molecule has 0 saturated heterocycles. The Balaban J connectivity index is 1.67. The van der Waals surface area contributed by atoms with Gasteiger partial charge < -0.3 is 10.8 Å². The third-order valence-electron chi connectivity index (χ3n) is 5.15. The summed E-state index contributed by atoms with van der Waals surface area (Å²) in [5.74, 6) is -0.914. The maximum atomic E-state index is 10.8. The number of aryl methyl sites for hydroxylation is 1. The molecular weight excluding hydrogens is 310 g/mol. The number of hydrogen-bond donors (Lipinski definition) is 2. The fraction of sp³-hybridized carbons (Fsp3) is 0.227. The van der Waals surface area contributed by atoms with Crippen molar-refractivity contribution in [3.8, 4) is 0 Å². The Labute approximate surface area is 146 Å². The van der Waals surface area contributed by atoms with Crippen LogP contribution in [0.5, 0.6) is 0 Å². The minimum atomic E-state index is -0.914. The smallest absolute Gasteiger partial charge is 0.320 e. The number of carboxylic acid groups (broad SMARTS) is 1. The number of nitrogens with two attached hydrogens (primary N) is 1. The van der Waals surface area contributed by atoms with Crippen molar-refractivity contribution in [1.29, 1.82) is 0 Å². The van der Waals surface area contributed by atoms with Gasteiger partial charge in [-0.05, 0) is 57.1 Å². The van der Waals surface area contributed by atoms with E-state index in [1.54, 1.807) is 0 Å². The zero-order valence-corrected chi connectivity index (χ0v) is 14.0. The summed E-state index contributed by atoms with van der Waals surface area (Å²) in [6.07, 6.45) is 3.25. The van der Waals surface area contributed by atoms with Crippen LogP contribution >= 0.6 is 0 Å². The number of aliphatic carboxylic acids is 1. The SMILES string of the molecule is N[C@@H](CCCCc1ccc2ccc3cccc4ccc1c2c34)C(=O)O. The van der Waals surface area contributed by atoms with Gasteiger partial charge in [0.05, 0.1) is 0 Å². The number of carboxylic acids is 1. The van der Waals surface area contributed by atoms with E-state index in [1.807, 2.05) is 0 Å². The van der Waals surface area contributed by atoms with Gasteiger partial charge >= 0.3 is 5.97 Å². The Morgan fingerprint density at radius 2 is 1.52 bits per heavy atom. The largest absolute Gasteiger partial charge is 0.480 e. The summed E-state index contributed by atoms with van der Waals surface area (Å²) in [6.45, 7) is 0. The van der Waals surface area contributed by atoms with E-state index in [0.29, 0.717) is 6.42 Å². The molecule has 0 amide bonds. The molecule has 0 aromatic heterocycles. The lowest BCUT2D eigenvalue weighted by atomic mass is 9.90. The highest BCUT2D eigenvalue weighted by Gasteiger charge is 2.12. The molecule has 0 fully saturated rings. The monoisotopic (exact) mass is 331 g/mol. The molecule has 0 saturated carbocycles. The molecule has 4 aromatic rings. The zero-order chi connectivity index (χ0) is 17.4. The Hall–Kier alpha value is -2.65. The normalized spacial score (nSPS) is 13.0. The summed E-state index contributed by atoms with van der Waals surface area (Å²) in [6, 6.07) is 18.9. The second-order valence-electron chi connectivity index (χ2n) is 6.77. The van der Waals surface area contributed by atoms with E-state index in [4.69, 9.17) is 10.8 Å². The minimum absolute atomic E-state index is 0.529. The molecule has 0 aliphatic heterocycles. The van der Waals surface area contributed by atoms with Gasteiger partial charge in [-0.3, -0.25) is 4.79 Å². The lowest BCUT2D eigenvalue weighted by Crippen LogP contribution is -2.29. The maximum absolute atomic E-state index is 10.8. The van der Waals surface area contributed by atoms with Gasteiger partial charge in [0.1, 0.15) is 6.04 Å². The van der Waals surface area contributed by atoms with E-state index in [2.05, 4.69) is 54.6 Å². The summed E-state index contributed by atoms with van der Waals surface area (Å²) in [7, 11) is 0. The molecule has 1 atom stereocenters. The summed E-state index contributed by atoms with van der Waals surface area (Å²) >= 11 is 0. The van der Waals surface area contributed by atoms with Crippen molar-refractivity contribution in [3.05, 3.63) is 60.2 Å². The molecule has 3 N–H and O–H groups in total. The molecule has 4 rings (SSSR count). The number of unbranched alkanes of at least 4 members (excludes halogenated alkanes) is 1. The van der Waals surface area contributed by atoms with Crippen molar-refractivity contribution < 1.29 is 9.90 Å². The number of carbonyl (C=O) groups is 1. The molecule has 0 unspecified atom stereocenters. The molecule has 0 bridgehead atoms. The van der Waals surface area contributed by atoms with Crippen LogP contribution in [0, 0.1) is 0 Å². The van der Waals surface area contributed by atoms with Crippen molar-refractivity contribution in [2.75, 3.05) is 0 Å². The number of benzene rings is 4. The van der Waals surface area contributed by atoms with Crippen LogP contribution in [0.25, 0.3) is 32.3 Å². The van der Waals surface area contributed by atoms with Crippen LogP contribution in [0.15, 0.2) is 54.6 Å². The van der Waals surface area contributed by atoms with Crippen molar-refractivity contribution >= 4 is 38.3 Å². The molecule has 3 nitrogen and oxygen atoms in total. The highest BCUT2D eigenvalue weighted by atomic mass is 16.4. The Morgan fingerprint density at radius 3 is 2.24 bits per heavy atom. The standard InChI is InChI=1S/C22H21NO2/c23-19(22(24)25)7-2-1-4-14-8-9-17-11-10-15-5-3-6-16-12-13-18(14)21(17)20(15)16/h3,5-6,8-13,19H,1-2,4,7,23H2,(H,24,25)/t19-/m0/s1. The molecule has 0 aliphatic rings. The fourth-order valence-electron chi connectivity index (χ4n) is 3.82. The lowest BCUT2D eigenvalue weighted by molar-refractivity contribution is -0.138. The fourth-order valence-corrected chi connectivity index (χ4v) is 3.82. The average molecular weight is 331 g/mol. The first kappa shape index (κ1) is 15.9. The summed E-state index contributed by atoms with van der Waals surface area (Å²) < 4.78 is 0. The van der Waals surface area contributed by atoms with Gasteiger partial charge in [-0.1, -0.05) is 61.0 Å². The third-order valence-corrected chi connectivity index (χ3v) is 5.15. The predicted molar refractivity (Wildman–Crippen MR) is 103 cm³/mol. The molecule has 4 aromatic carbocycles. The molecule has 126 valence electrons. The quantitative estimate of drug-likeness (QED) is 0.397. The second-order valence-corrected chi connectivity index (χ2v) is 6.77. The van der Waals surface area contributed by atoms with Crippen molar-refractivity contribution in [1.82, 2.24) is 0 Å². The first-order chi connectivity index (χ1) is 12.1. The van der Waals surface area contributed by atoms with Crippen molar-refractivity contribution in [2.24, 2.45) is 5.73 Å². The lowest BCUT2D eigenvalue weighted by Gasteiger charge is -2.14. The molecule has 0 heterocycles. The first-order valence-corrected chi connectivity index (χ1v) is 8.79. The molecule has 25 heavy (non-hydrogen) atoms. The molecule has 0 aliphatic carbocycles. The van der Waals surface area contributed by atoms with Crippen LogP contribution < -0.4 is 5.73 Å². The number of rotatable bonds is 6. The van der Waals surface area contributed by atoms with Crippen molar-refractivity contribution in [2.45, 2.75) is 31.7 Å². The van der Waals surface area contributed by atoms with Gasteiger partial charge in [0.2, 0.25) is 0 Å². The summed E-state index contributed by atoms with van der Waals surface area (Å²) in [4.78, 5) is 10.8. The van der Waals surface area contributed by atoms with E-state index >= 15 is 0 Å². The van der Waals surface area contributed by atoms with Crippen LogP contribution in [0.2, 0.25) is 0 Å². The van der Waals surface area contributed by atoms with Crippen LogP contribution in [-0.4, -0.2) is 17.1 Å². The third kappa shape index (κ3) is 2.81. The van der Waals surface area contributed by atoms with Crippen LogP contribution in [-0.2, 0) is 11.2 Å². The summed E-state index contributed by atoms with van der Waals surface area (Å²) in [5.41, 5.74) is 6.91. The molecule has 0 spiro atoms. The molecular formula is C22H21NO2. The maximum Gasteiger partial charge on any atom is 0.320 e. The van der Waals surface area contributed by atoms with Gasteiger partial charge in [-0.15, -0.1) is 0 Å². The first-order valence-electron chi connectivity index (χ1n) is 8.79. The van der Waals surface area contributed by atoms with Crippen LogP contribution in [0.3, 0.4) is 0 Å². The van der Waals surface area contributed by atoms with E-state index in [-0.39, 0.29) is 0 Å². The van der Waals surface area contributed by atoms with Gasteiger partial charge in [0.25, 0.3) is 0 Å².